The Bertz CT molecular complexity index is 1180. The summed E-state index contributed by atoms with van der Waals surface area (Å²) in [6.45, 7) is 1.72. The minimum atomic E-state index is -3.81. The number of ether oxygens (including phenoxy) is 2. The summed E-state index contributed by atoms with van der Waals surface area (Å²) in [5.41, 5.74) is 0.512. The second-order valence-electron chi connectivity index (χ2n) is 6.56. The Balaban J connectivity index is 1.51. The molecule has 0 unspecified atom stereocenters. The van der Waals surface area contributed by atoms with Gasteiger partial charge in [0, 0.05) is 18.3 Å². The molecule has 0 atom stereocenters. The molecule has 3 aromatic rings. The molecule has 29 heavy (non-hydrogen) atoms. The Kier molecular flexibility index (Phi) is 5.12. The summed E-state index contributed by atoms with van der Waals surface area (Å²) in [5, 5.41) is 4.49. The third kappa shape index (κ3) is 3.90. The molecule has 0 saturated carbocycles. The molecule has 1 N–H and O–H groups in total. The van der Waals surface area contributed by atoms with Crippen LogP contribution in [0.4, 0.5) is 5.69 Å². The third-order valence-corrected chi connectivity index (χ3v) is 6.60. The average molecular weight is 412 g/mol. The number of amides is 1. The fourth-order valence-corrected chi connectivity index (χ4v) is 4.62. The monoisotopic (exact) mass is 412 g/mol. The van der Waals surface area contributed by atoms with E-state index in [0.717, 1.165) is 15.1 Å². The lowest BCUT2D eigenvalue weighted by molar-refractivity contribution is -0.116. The highest BCUT2D eigenvalue weighted by Crippen LogP contribution is 2.34. The van der Waals surface area contributed by atoms with Crippen LogP contribution in [0.1, 0.15) is 6.92 Å². The average Bonchev–Trinajstić information content (AvgIpc) is 3.19. The molecule has 0 fully saturated rings. The van der Waals surface area contributed by atoms with Gasteiger partial charge in [-0.05, 0) is 35.0 Å². The Morgan fingerprint density at radius 2 is 1.76 bits per heavy atom. The molecule has 1 heterocycles. The van der Waals surface area contributed by atoms with Crippen molar-refractivity contribution >= 4 is 32.4 Å². The summed E-state index contributed by atoms with van der Waals surface area (Å²) in [6.07, 6.45) is 0. The number of carbonyl (C=O) groups is 1. The van der Waals surface area contributed by atoms with Crippen LogP contribution >= 0.6 is 0 Å². The van der Waals surface area contributed by atoms with Crippen molar-refractivity contribution in [3.8, 4) is 11.5 Å². The molecule has 8 heteroatoms. The maximum atomic E-state index is 13.1. The molecule has 3 aromatic carbocycles. The highest BCUT2D eigenvalue weighted by molar-refractivity contribution is 7.89. The number of nitrogens with one attached hydrogen (secondary N) is 1. The lowest BCUT2D eigenvalue weighted by Gasteiger charge is -2.20. The van der Waals surface area contributed by atoms with Gasteiger partial charge in [0.15, 0.2) is 11.5 Å². The normalized spacial score (nSPS) is 13.0. The summed E-state index contributed by atoms with van der Waals surface area (Å²) in [6, 6.07) is 17.5. The summed E-state index contributed by atoms with van der Waals surface area (Å²) in [4.78, 5) is 12.6. The molecule has 1 aliphatic heterocycles. The number of benzene rings is 3. The van der Waals surface area contributed by atoms with Gasteiger partial charge < -0.3 is 14.8 Å². The van der Waals surface area contributed by atoms with Gasteiger partial charge >= 0.3 is 0 Å². The topological polar surface area (TPSA) is 84.9 Å². The first kappa shape index (κ1) is 19.2. The van der Waals surface area contributed by atoms with Crippen molar-refractivity contribution in [1.82, 2.24) is 4.31 Å². The standard InChI is InChI=1S/C21H20N2O5S/c1-2-23(13-21(24)22-17-8-10-19-20(12-17)28-14-27-19)29(25,26)18-9-7-15-5-3-4-6-16(15)11-18/h3-12H,2,13-14H2,1H3,(H,22,24). The number of likely N-dealkylation sites (N-methyl/N-ethyl adjacent to an activating group) is 1. The molecule has 0 saturated heterocycles. The van der Waals surface area contributed by atoms with Gasteiger partial charge in [-0.2, -0.15) is 4.31 Å². The molecule has 1 amide bonds. The van der Waals surface area contributed by atoms with E-state index in [-0.39, 0.29) is 24.8 Å². The first-order valence-corrected chi connectivity index (χ1v) is 10.6. The first-order valence-electron chi connectivity index (χ1n) is 9.16. The van der Waals surface area contributed by atoms with Gasteiger partial charge in [0.2, 0.25) is 22.7 Å². The molecule has 0 bridgehead atoms. The van der Waals surface area contributed by atoms with E-state index in [1.165, 1.54) is 0 Å². The van der Waals surface area contributed by atoms with E-state index in [4.69, 9.17) is 9.47 Å². The number of hydrogen-bond acceptors (Lipinski definition) is 5. The summed E-state index contributed by atoms with van der Waals surface area (Å²) in [5.74, 6) is 0.714. The SMILES string of the molecule is CCN(CC(=O)Nc1ccc2c(c1)OCO2)S(=O)(=O)c1ccc2ccccc2c1. The number of rotatable bonds is 6. The van der Waals surface area contributed by atoms with Crippen molar-refractivity contribution < 1.29 is 22.7 Å². The zero-order valence-corrected chi connectivity index (χ0v) is 16.6. The molecule has 0 spiro atoms. The Hall–Kier alpha value is -3.10. The molecule has 0 aromatic heterocycles. The predicted octanol–water partition coefficient (Wildman–Crippen LogP) is 3.22. The Labute approximate surface area is 168 Å². The van der Waals surface area contributed by atoms with E-state index in [1.54, 1.807) is 43.3 Å². The van der Waals surface area contributed by atoms with E-state index < -0.39 is 15.9 Å². The van der Waals surface area contributed by atoms with Crippen LogP contribution in [0.3, 0.4) is 0 Å². The highest BCUT2D eigenvalue weighted by atomic mass is 32.2. The van der Waals surface area contributed by atoms with E-state index in [0.29, 0.717) is 17.2 Å². The van der Waals surface area contributed by atoms with Gasteiger partial charge in [-0.1, -0.05) is 37.3 Å². The van der Waals surface area contributed by atoms with Crippen molar-refractivity contribution in [2.24, 2.45) is 0 Å². The van der Waals surface area contributed by atoms with E-state index in [2.05, 4.69) is 5.32 Å². The number of carbonyl (C=O) groups excluding carboxylic acids is 1. The van der Waals surface area contributed by atoms with E-state index in [9.17, 15) is 13.2 Å². The molecule has 4 rings (SSSR count). The lowest BCUT2D eigenvalue weighted by atomic mass is 10.1. The smallest absolute Gasteiger partial charge is 0.243 e. The van der Waals surface area contributed by atoms with Gasteiger partial charge in [-0.15, -0.1) is 0 Å². The van der Waals surface area contributed by atoms with Crippen LogP contribution in [-0.2, 0) is 14.8 Å². The minimum absolute atomic E-state index is 0.139. The third-order valence-electron chi connectivity index (χ3n) is 4.69. The maximum Gasteiger partial charge on any atom is 0.243 e. The summed E-state index contributed by atoms with van der Waals surface area (Å²) >= 11 is 0. The second-order valence-corrected chi connectivity index (χ2v) is 8.49. The molecule has 1 aliphatic rings. The Morgan fingerprint density at radius 1 is 1.00 bits per heavy atom. The number of anilines is 1. The van der Waals surface area contributed by atoms with Crippen LogP contribution in [0.5, 0.6) is 11.5 Å². The first-order chi connectivity index (χ1) is 14.0. The number of sulfonamides is 1. The number of nitrogens with zero attached hydrogens (tertiary/aromatic N) is 1. The second kappa shape index (κ2) is 7.73. The fraction of sp³-hybridized carbons (Fsp3) is 0.190. The number of hydrogen-bond donors (Lipinski definition) is 1. The van der Waals surface area contributed by atoms with Crippen LogP contribution in [-0.4, -0.2) is 38.5 Å². The van der Waals surface area contributed by atoms with E-state index in [1.807, 2.05) is 24.3 Å². The summed E-state index contributed by atoms with van der Waals surface area (Å²) in [7, 11) is -3.81. The zero-order chi connectivity index (χ0) is 20.4. The van der Waals surface area contributed by atoms with Crippen LogP contribution in [0.15, 0.2) is 65.6 Å². The van der Waals surface area contributed by atoms with Crippen molar-refractivity contribution in [2.75, 3.05) is 25.2 Å². The number of fused-ring (bicyclic) bond motifs is 2. The molecule has 7 nitrogen and oxygen atoms in total. The van der Waals surface area contributed by atoms with Gasteiger partial charge in [0.25, 0.3) is 0 Å². The van der Waals surface area contributed by atoms with Crippen molar-refractivity contribution in [1.29, 1.82) is 0 Å². The molecule has 0 radical (unpaired) electrons. The quantitative estimate of drug-likeness (QED) is 0.672. The van der Waals surface area contributed by atoms with Gasteiger partial charge in [0.1, 0.15) is 0 Å². The highest BCUT2D eigenvalue weighted by Gasteiger charge is 2.26. The van der Waals surface area contributed by atoms with Crippen LogP contribution < -0.4 is 14.8 Å². The Morgan fingerprint density at radius 3 is 2.55 bits per heavy atom. The molecular weight excluding hydrogens is 392 g/mol. The molecular formula is C21H20N2O5S. The maximum absolute atomic E-state index is 13.1. The fourth-order valence-electron chi connectivity index (χ4n) is 3.18. The largest absolute Gasteiger partial charge is 0.454 e. The van der Waals surface area contributed by atoms with E-state index >= 15 is 0 Å². The van der Waals surface area contributed by atoms with Gasteiger partial charge in [0.05, 0.1) is 11.4 Å². The van der Waals surface area contributed by atoms with Crippen LogP contribution in [0, 0.1) is 0 Å². The van der Waals surface area contributed by atoms with Crippen LogP contribution in [0.25, 0.3) is 10.8 Å². The van der Waals surface area contributed by atoms with Gasteiger partial charge in [-0.25, -0.2) is 8.42 Å². The molecule has 150 valence electrons. The summed E-state index contributed by atoms with van der Waals surface area (Å²) < 4.78 is 37.8. The minimum Gasteiger partial charge on any atom is -0.454 e. The van der Waals surface area contributed by atoms with Crippen molar-refractivity contribution in [3.05, 3.63) is 60.7 Å². The van der Waals surface area contributed by atoms with Crippen LogP contribution in [0.2, 0.25) is 0 Å². The predicted molar refractivity (Wildman–Crippen MR) is 110 cm³/mol. The lowest BCUT2D eigenvalue weighted by Crippen LogP contribution is -2.37. The van der Waals surface area contributed by atoms with Crippen molar-refractivity contribution in [3.63, 3.8) is 0 Å². The van der Waals surface area contributed by atoms with Crippen molar-refractivity contribution in [2.45, 2.75) is 11.8 Å². The van der Waals surface area contributed by atoms with Gasteiger partial charge in [-0.3, -0.25) is 4.79 Å². The molecule has 0 aliphatic carbocycles. The zero-order valence-electron chi connectivity index (χ0n) is 15.8.